The third-order valence-corrected chi connectivity index (χ3v) is 3.60. The fraction of sp³-hybridized carbons (Fsp3) is 0.167. The number of amides is 1. The molecule has 1 amide bonds. The predicted octanol–water partition coefficient (Wildman–Crippen LogP) is 4.47. The van der Waals surface area contributed by atoms with Gasteiger partial charge in [0.15, 0.2) is 11.5 Å². The summed E-state index contributed by atoms with van der Waals surface area (Å²) in [5.74, 6) is 0.417. The fourth-order valence-electron chi connectivity index (χ4n) is 2.00. The first kappa shape index (κ1) is 18.2. The number of primary amides is 1. The van der Waals surface area contributed by atoms with Gasteiger partial charge < -0.3 is 15.2 Å². The van der Waals surface area contributed by atoms with Crippen LogP contribution in [0.2, 0.25) is 10.0 Å². The van der Waals surface area contributed by atoms with Gasteiger partial charge in [0.05, 0.1) is 11.6 Å². The van der Waals surface area contributed by atoms with Gasteiger partial charge in [-0.05, 0) is 48.4 Å². The van der Waals surface area contributed by atoms with E-state index < -0.39 is 5.91 Å². The third-order valence-electron chi connectivity index (χ3n) is 3.07. The number of carbonyl (C=O) groups is 1. The average Bonchev–Trinajstić information content (AvgIpc) is 2.54. The molecule has 0 aliphatic carbocycles. The van der Waals surface area contributed by atoms with E-state index in [0.717, 1.165) is 5.56 Å². The molecule has 24 heavy (non-hydrogen) atoms. The SMILES string of the molecule is CCOc1cc(/C=C/C(N)=O)cc(Cl)c1OCc1ccc(Cl)cc1. The maximum Gasteiger partial charge on any atom is 0.241 e. The van der Waals surface area contributed by atoms with E-state index in [1.165, 1.54) is 6.08 Å². The van der Waals surface area contributed by atoms with Gasteiger partial charge >= 0.3 is 0 Å². The Kier molecular flexibility index (Phi) is 6.53. The van der Waals surface area contributed by atoms with Crippen LogP contribution in [0.3, 0.4) is 0 Å². The van der Waals surface area contributed by atoms with Gasteiger partial charge in [0, 0.05) is 11.1 Å². The fourth-order valence-corrected chi connectivity index (χ4v) is 2.40. The molecular formula is C18H17Cl2NO3. The van der Waals surface area contributed by atoms with Crippen LogP contribution in [0, 0.1) is 0 Å². The Balaban J connectivity index is 2.23. The number of halogens is 2. The van der Waals surface area contributed by atoms with Crippen molar-refractivity contribution in [3.63, 3.8) is 0 Å². The second-order valence-electron chi connectivity index (χ2n) is 4.91. The molecule has 0 saturated heterocycles. The second kappa shape index (κ2) is 8.62. The van der Waals surface area contributed by atoms with E-state index in [0.29, 0.717) is 40.3 Å². The maximum atomic E-state index is 10.9. The van der Waals surface area contributed by atoms with Crippen molar-refractivity contribution < 1.29 is 14.3 Å². The molecule has 0 radical (unpaired) electrons. The third kappa shape index (κ3) is 5.18. The summed E-state index contributed by atoms with van der Waals surface area (Å²) in [5, 5.41) is 1.05. The highest BCUT2D eigenvalue weighted by Gasteiger charge is 2.12. The summed E-state index contributed by atoms with van der Waals surface area (Å²) in [6, 6.07) is 10.8. The van der Waals surface area contributed by atoms with Crippen LogP contribution in [0.5, 0.6) is 11.5 Å². The number of benzene rings is 2. The van der Waals surface area contributed by atoms with Gasteiger partial charge in [0.25, 0.3) is 0 Å². The highest BCUT2D eigenvalue weighted by Crippen LogP contribution is 2.37. The lowest BCUT2D eigenvalue weighted by Crippen LogP contribution is -2.05. The quantitative estimate of drug-likeness (QED) is 0.736. The van der Waals surface area contributed by atoms with Crippen LogP contribution in [0.25, 0.3) is 6.08 Å². The minimum Gasteiger partial charge on any atom is -0.490 e. The first-order chi connectivity index (χ1) is 11.5. The Morgan fingerprint density at radius 1 is 1.17 bits per heavy atom. The van der Waals surface area contributed by atoms with Gasteiger partial charge in [-0.25, -0.2) is 0 Å². The number of hydrogen-bond acceptors (Lipinski definition) is 3. The normalized spacial score (nSPS) is 10.8. The Hall–Kier alpha value is -2.17. The zero-order chi connectivity index (χ0) is 17.5. The summed E-state index contributed by atoms with van der Waals surface area (Å²) >= 11 is 12.2. The first-order valence-corrected chi connectivity index (χ1v) is 8.06. The molecule has 0 aliphatic rings. The Morgan fingerprint density at radius 3 is 2.50 bits per heavy atom. The van der Waals surface area contributed by atoms with Gasteiger partial charge in [0.1, 0.15) is 6.61 Å². The van der Waals surface area contributed by atoms with Crippen LogP contribution in [-0.2, 0) is 11.4 Å². The van der Waals surface area contributed by atoms with Gasteiger partial charge in [-0.2, -0.15) is 0 Å². The summed E-state index contributed by atoms with van der Waals surface area (Å²) in [6.07, 6.45) is 2.83. The molecule has 2 N–H and O–H groups in total. The number of hydrogen-bond donors (Lipinski definition) is 1. The summed E-state index contributed by atoms with van der Waals surface area (Å²) in [4.78, 5) is 10.9. The van der Waals surface area contributed by atoms with Crippen molar-refractivity contribution in [2.24, 2.45) is 5.73 Å². The van der Waals surface area contributed by atoms with Crippen molar-refractivity contribution in [2.45, 2.75) is 13.5 Å². The van der Waals surface area contributed by atoms with E-state index in [4.69, 9.17) is 38.4 Å². The molecule has 0 atom stereocenters. The van der Waals surface area contributed by atoms with E-state index in [9.17, 15) is 4.79 Å². The molecule has 0 heterocycles. The lowest BCUT2D eigenvalue weighted by molar-refractivity contribution is -0.113. The Morgan fingerprint density at radius 2 is 1.88 bits per heavy atom. The summed E-state index contributed by atoms with van der Waals surface area (Å²) < 4.78 is 11.4. The van der Waals surface area contributed by atoms with Crippen LogP contribution >= 0.6 is 23.2 Å². The smallest absolute Gasteiger partial charge is 0.241 e. The molecule has 0 bridgehead atoms. The minimum absolute atomic E-state index is 0.327. The Bertz CT molecular complexity index is 743. The monoisotopic (exact) mass is 365 g/mol. The lowest BCUT2D eigenvalue weighted by atomic mass is 10.1. The second-order valence-corrected chi connectivity index (χ2v) is 5.76. The van der Waals surface area contributed by atoms with Crippen molar-refractivity contribution in [1.82, 2.24) is 0 Å². The van der Waals surface area contributed by atoms with Gasteiger partial charge in [0.2, 0.25) is 5.91 Å². The van der Waals surface area contributed by atoms with Gasteiger partial charge in [-0.15, -0.1) is 0 Å². The van der Waals surface area contributed by atoms with Crippen LogP contribution in [-0.4, -0.2) is 12.5 Å². The van der Waals surface area contributed by atoms with E-state index in [2.05, 4.69) is 0 Å². The molecule has 4 nitrogen and oxygen atoms in total. The van der Waals surface area contributed by atoms with E-state index in [1.807, 2.05) is 19.1 Å². The van der Waals surface area contributed by atoms with Crippen molar-refractivity contribution >= 4 is 35.2 Å². The minimum atomic E-state index is -0.535. The highest BCUT2D eigenvalue weighted by molar-refractivity contribution is 6.32. The van der Waals surface area contributed by atoms with Crippen LogP contribution in [0.1, 0.15) is 18.1 Å². The molecule has 2 rings (SSSR count). The number of ether oxygens (including phenoxy) is 2. The van der Waals surface area contributed by atoms with Crippen LogP contribution in [0.15, 0.2) is 42.5 Å². The topological polar surface area (TPSA) is 61.5 Å². The largest absolute Gasteiger partial charge is 0.490 e. The Labute approximate surface area is 150 Å². The van der Waals surface area contributed by atoms with E-state index >= 15 is 0 Å². The van der Waals surface area contributed by atoms with Crippen LogP contribution < -0.4 is 15.2 Å². The summed E-state index contributed by atoms with van der Waals surface area (Å²) in [6.45, 7) is 2.65. The lowest BCUT2D eigenvalue weighted by Gasteiger charge is -2.14. The van der Waals surface area contributed by atoms with Crippen LogP contribution in [0.4, 0.5) is 0 Å². The molecular weight excluding hydrogens is 349 g/mol. The predicted molar refractivity (Wildman–Crippen MR) is 96.6 cm³/mol. The summed E-state index contributed by atoms with van der Waals surface area (Å²) in [7, 11) is 0. The van der Waals surface area contributed by atoms with Crippen molar-refractivity contribution in [3.05, 3.63) is 63.6 Å². The zero-order valence-electron chi connectivity index (χ0n) is 13.1. The highest BCUT2D eigenvalue weighted by atomic mass is 35.5. The molecule has 6 heteroatoms. The average molecular weight is 366 g/mol. The van der Waals surface area contributed by atoms with E-state index in [1.54, 1.807) is 30.3 Å². The zero-order valence-corrected chi connectivity index (χ0v) is 14.6. The molecule has 0 saturated carbocycles. The summed E-state index contributed by atoms with van der Waals surface area (Å²) in [5.41, 5.74) is 6.75. The number of rotatable bonds is 7. The van der Waals surface area contributed by atoms with Gasteiger partial charge in [-0.3, -0.25) is 4.79 Å². The van der Waals surface area contributed by atoms with Crippen molar-refractivity contribution in [3.8, 4) is 11.5 Å². The van der Waals surface area contributed by atoms with Gasteiger partial charge in [-0.1, -0.05) is 35.3 Å². The molecule has 2 aromatic rings. The van der Waals surface area contributed by atoms with Crippen molar-refractivity contribution in [1.29, 1.82) is 0 Å². The van der Waals surface area contributed by atoms with Crippen molar-refractivity contribution in [2.75, 3.05) is 6.61 Å². The first-order valence-electron chi connectivity index (χ1n) is 7.30. The molecule has 126 valence electrons. The number of nitrogens with two attached hydrogens (primary N) is 1. The molecule has 0 aromatic heterocycles. The standard InChI is InChI=1S/C18H17Cl2NO3/c1-2-23-16-10-13(5-8-17(21)22)9-15(20)18(16)24-11-12-3-6-14(19)7-4-12/h3-10H,2,11H2,1H3,(H2,21,22)/b8-5+. The van der Waals surface area contributed by atoms with E-state index in [-0.39, 0.29) is 0 Å². The molecule has 0 aliphatic heterocycles. The molecule has 0 spiro atoms. The molecule has 0 unspecified atom stereocenters. The molecule has 2 aromatic carbocycles. The number of carbonyl (C=O) groups excluding carboxylic acids is 1. The maximum absolute atomic E-state index is 10.9. The molecule has 0 fully saturated rings.